The maximum Gasteiger partial charge on any atom is 0.318 e. The Bertz CT molecular complexity index is 742. The number of morpholine rings is 1. The van der Waals surface area contributed by atoms with Crippen molar-refractivity contribution in [1.82, 2.24) is 10.2 Å². The first-order chi connectivity index (χ1) is 11.7. The number of furan rings is 1. The van der Waals surface area contributed by atoms with Crippen molar-refractivity contribution in [3.63, 3.8) is 0 Å². The van der Waals surface area contributed by atoms with Crippen LogP contribution >= 0.6 is 0 Å². The molecular weight excluding hydrogens is 308 g/mol. The van der Waals surface area contributed by atoms with Crippen LogP contribution in [0.4, 0.5) is 4.79 Å². The van der Waals surface area contributed by atoms with Crippen LogP contribution in [0.15, 0.2) is 40.8 Å². The minimum Gasteiger partial charge on any atom is -0.491 e. The number of rotatable bonds is 2. The molecule has 126 valence electrons. The number of ether oxygens (including phenoxy) is 2. The van der Waals surface area contributed by atoms with E-state index in [1.807, 2.05) is 43.3 Å². The maximum atomic E-state index is 12.8. The zero-order valence-corrected chi connectivity index (χ0v) is 13.5. The first kappa shape index (κ1) is 15.1. The van der Waals surface area contributed by atoms with Crippen molar-refractivity contribution in [2.45, 2.75) is 19.0 Å². The number of carbonyl (C=O) groups is 1. The fraction of sp³-hybridized carbons (Fsp3) is 0.389. The van der Waals surface area contributed by atoms with E-state index in [0.717, 1.165) is 22.8 Å². The van der Waals surface area contributed by atoms with E-state index < -0.39 is 0 Å². The lowest BCUT2D eigenvalue weighted by Crippen LogP contribution is -2.49. The summed E-state index contributed by atoms with van der Waals surface area (Å²) in [5, 5.41) is 3.08. The molecule has 2 aromatic rings. The third-order valence-electron chi connectivity index (χ3n) is 4.48. The highest BCUT2D eigenvalue weighted by molar-refractivity contribution is 5.75. The van der Waals surface area contributed by atoms with Gasteiger partial charge in [-0.15, -0.1) is 0 Å². The molecule has 0 spiro atoms. The molecule has 0 radical (unpaired) electrons. The topological polar surface area (TPSA) is 63.9 Å². The van der Waals surface area contributed by atoms with Crippen molar-refractivity contribution in [1.29, 1.82) is 0 Å². The Balaban J connectivity index is 1.50. The van der Waals surface area contributed by atoms with Crippen LogP contribution in [-0.4, -0.2) is 37.3 Å². The molecule has 1 saturated heterocycles. The highest BCUT2D eigenvalue weighted by atomic mass is 16.5. The van der Waals surface area contributed by atoms with Crippen LogP contribution < -0.4 is 10.1 Å². The molecule has 1 fully saturated rings. The fourth-order valence-corrected chi connectivity index (χ4v) is 3.23. The van der Waals surface area contributed by atoms with Crippen LogP contribution in [0.2, 0.25) is 0 Å². The predicted octanol–water partition coefficient (Wildman–Crippen LogP) is 2.80. The monoisotopic (exact) mass is 328 g/mol. The van der Waals surface area contributed by atoms with Gasteiger partial charge in [0.1, 0.15) is 29.9 Å². The molecule has 2 atom stereocenters. The number of nitrogens with zero attached hydrogens (tertiary/aromatic N) is 1. The van der Waals surface area contributed by atoms with E-state index in [1.54, 1.807) is 4.90 Å². The Morgan fingerprint density at radius 1 is 1.21 bits per heavy atom. The van der Waals surface area contributed by atoms with Crippen molar-refractivity contribution in [3.05, 3.63) is 53.5 Å². The first-order valence-corrected chi connectivity index (χ1v) is 8.15. The summed E-state index contributed by atoms with van der Waals surface area (Å²) in [6.07, 6.45) is 0. The summed E-state index contributed by atoms with van der Waals surface area (Å²) < 4.78 is 16.9. The summed E-state index contributed by atoms with van der Waals surface area (Å²) in [6, 6.07) is 11.1. The van der Waals surface area contributed by atoms with E-state index >= 15 is 0 Å². The molecule has 1 aromatic heterocycles. The second-order valence-corrected chi connectivity index (χ2v) is 6.08. The van der Waals surface area contributed by atoms with E-state index in [-0.39, 0.29) is 18.1 Å². The van der Waals surface area contributed by atoms with Gasteiger partial charge in [-0.25, -0.2) is 4.79 Å². The van der Waals surface area contributed by atoms with Crippen molar-refractivity contribution < 1.29 is 18.7 Å². The molecule has 6 nitrogen and oxygen atoms in total. The molecule has 4 rings (SSSR count). The number of carbonyl (C=O) groups excluding carboxylic acids is 1. The van der Waals surface area contributed by atoms with Crippen LogP contribution in [-0.2, 0) is 4.74 Å². The number of fused-ring (bicyclic) bond motifs is 1. The number of urea groups is 1. The largest absolute Gasteiger partial charge is 0.491 e. The van der Waals surface area contributed by atoms with Gasteiger partial charge in [0.15, 0.2) is 0 Å². The van der Waals surface area contributed by atoms with Gasteiger partial charge < -0.3 is 24.1 Å². The maximum absolute atomic E-state index is 12.8. The van der Waals surface area contributed by atoms with Crippen LogP contribution in [0.5, 0.6) is 5.75 Å². The van der Waals surface area contributed by atoms with Gasteiger partial charge >= 0.3 is 6.03 Å². The third kappa shape index (κ3) is 2.73. The molecule has 0 aliphatic carbocycles. The van der Waals surface area contributed by atoms with Crippen molar-refractivity contribution in [2.75, 3.05) is 26.4 Å². The minimum absolute atomic E-state index is 0.123. The second kappa shape index (κ2) is 6.20. The van der Waals surface area contributed by atoms with Gasteiger partial charge in [-0.1, -0.05) is 18.2 Å². The minimum atomic E-state index is -0.204. The van der Waals surface area contributed by atoms with Gasteiger partial charge in [0.25, 0.3) is 0 Å². The Hall–Kier alpha value is -2.47. The zero-order chi connectivity index (χ0) is 16.5. The molecule has 24 heavy (non-hydrogen) atoms. The predicted molar refractivity (Wildman–Crippen MR) is 86.9 cm³/mol. The molecule has 1 aromatic carbocycles. The van der Waals surface area contributed by atoms with E-state index in [0.29, 0.717) is 26.4 Å². The first-order valence-electron chi connectivity index (χ1n) is 8.15. The van der Waals surface area contributed by atoms with Gasteiger partial charge in [-0.3, -0.25) is 0 Å². The van der Waals surface area contributed by atoms with Gasteiger partial charge in [0.05, 0.1) is 19.3 Å². The normalized spacial score (nSPS) is 22.8. The van der Waals surface area contributed by atoms with Crippen molar-refractivity contribution in [3.8, 4) is 5.75 Å². The zero-order valence-electron chi connectivity index (χ0n) is 13.5. The summed E-state index contributed by atoms with van der Waals surface area (Å²) >= 11 is 0. The van der Waals surface area contributed by atoms with Gasteiger partial charge in [0, 0.05) is 12.1 Å². The average Bonchev–Trinajstić information content (AvgIpc) is 3.22. The fourth-order valence-electron chi connectivity index (χ4n) is 3.23. The van der Waals surface area contributed by atoms with Crippen LogP contribution in [0.3, 0.4) is 0 Å². The lowest BCUT2D eigenvalue weighted by atomic mass is 10.1. The number of nitrogens with one attached hydrogen (secondary N) is 1. The van der Waals surface area contributed by atoms with Crippen LogP contribution in [0.25, 0.3) is 0 Å². The van der Waals surface area contributed by atoms with Crippen LogP contribution in [0, 0.1) is 6.92 Å². The summed E-state index contributed by atoms with van der Waals surface area (Å²) in [4.78, 5) is 14.6. The molecule has 2 aliphatic heterocycles. The highest BCUT2D eigenvalue weighted by Crippen LogP contribution is 2.32. The Morgan fingerprint density at radius 3 is 2.92 bits per heavy atom. The molecule has 0 unspecified atom stereocenters. The molecule has 2 aliphatic rings. The van der Waals surface area contributed by atoms with Gasteiger partial charge in [0.2, 0.25) is 0 Å². The number of hydrogen-bond donors (Lipinski definition) is 1. The van der Waals surface area contributed by atoms with Gasteiger partial charge in [-0.05, 0) is 25.1 Å². The van der Waals surface area contributed by atoms with Crippen LogP contribution in [0.1, 0.15) is 29.2 Å². The number of hydrogen-bond acceptors (Lipinski definition) is 4. The summed E-state index contributed by atoms with van der Waals surface area (Å²) in [5.74, 6) is 2.42. The number of benzene rings is 1. The molecule has 0 saturated carbocycles. The number of aryl methyl sites for hydroxylation is 1. The van der Waals surface area contributed by atoms with Gasteiger partial charge in [-0.2, -0.15) is 0 Å². The molecule has 0 bridgehead atoms. The lowest BCUT2D eigenvalue weighted by Gasteiger charge is -2.35. The van der Waals surface area contributed by atoms with Crippen molar-refractivity contribution >= 4 is 6.03 Å². The number of amides is 2. The third-order valence-corrected chi connectivity index (χ3v) is 4.48. The SMILES string of the molecule is Cc1ccc([C@H]2COCCN2C(=O)N[C@H]2COc3ccccc32)o1. The average molecular weight is 328 g/mol. The number of para-hydroxylation sites is 1. The summed E-state index contributed by atoms with van der Waals surface area (Å²) in [7, 11) is 0. The summed E-state index contributed by atoms with van der Waals surface area (Å²) in [5.41, 5.74) is 1.02. The Labute approximate surface area is 140 Å². The Kier molecular flexibility index (Phi) is 3.90. The molecule has 2 amide bonds. The van der Waals surface area contributed by atoms with Crippen molar-refractivity contribution in [2.24, 2.45) is 0 Å². The standard InChI is InChI=1S/C18H20N2O4/c1-12-6-7-17(24-12)15-11-22-9-8-20(15)18(21)19-14-10-23-16-5-3-2-4-13(14)16/h2-7,14-15H,8-11H2,1H3,(H,19,21)/t14-,15+/m0/s1. The van der Waals surface area contributed by atoms with E-state index in [1.165, 1.54) is 0 Å². The summed E-state index contributed by atoms with van der Waals surface area (Å²) in [6.45, 7) is 3.86. The highest BCUT2D eigenvalue weighted by Gasteiger charge is 2.33. The molecule has 6 heteroatoms. The van der Waals surface area contributed by atoms with E-state index in [2.05, 4.69) is 5.32 Å². The second-order valence-electron chi connectivity index (χ2n) is 6.08. The quantitative estimate of drug-likeness (QED) is 0.921. The smallest absolute Gasteiger partial charge is 0.318 e. The Morgan fingerprint density at radius 2 is 2.08 bits per heavy atom. The molecule has 3 heterocycles. The van der Waals surface area contributed by atoms with E-state index in [4.69, 9.17) is 13.9 Å². The lowest BCUT2D eigenvalue weighted by molar-refractivity contribution is 0.00335. The molecular formula is C18H20N2O4. The molecule has 1 N–H and O–H groups in total. The van der Waals surface area contributed by atoms with E-state index in [9.17, 15) is 4.79 Å².